The second-order valence-corrected chi connectivity index (χ2v) is 8.23. The molecule has 0 spiro atoms. The smallest absolute Gasteiger partial charge is 0.338 e. The molecule has 0 bridgehead atoms. The number of carboxylic acid groups (broad SMARTS) is 1. The molecule has 1 saturated heterocycles. The second-order valence-electron chi connectivity index (χ2n) is 8.23. The Morgan fingerprint density at radius 2 is 1.22 bits per heavy atom. The van der Waals surface area contributed by atoms with Crippen LogP contribution in [0.2, 0.25) is 0 Å². The van der Waals surface area contributed by atoms with Crippen molar-refractivity contribution in [3.05, 3.63) is 108 Å². The lowest BCUT2D eigenvalue weighted by Gasteiger charge is -2.43. The van der Waals surface area contributed by atoms with Crippen molar-refractivity contribution in [2.45, 2.75) is 37.3 Å². The van der Waals surface area contributed by atoms with E-state index in [0.29, 0.717) is 0 Å². The van der Waals surface area contributed by atoms with E-state index in [2.05, 4.69) is 0 Å². The molecule has 37 heavy (non-hydrogen) atoms. The van der Waals surface area contributed by atoms with E-state index >= 15 is 0 Å². The average molecular weight is 507 g/mol. The topological polar surface area (TPSA) is 118 Å². The summed E-state index contributed by atoms with van der Waals surface area (Å²) in [6.07, 6.45) is -6.95. The van der Waals surface area contributed by atoms with Crippen LogP contribution in [0.15, 0.2) is 91.0 Å². The number of carbonyl (C=O) groups excluding carboxylic acids is 2. The van der Waals surface area contributed by atoms with Crippen molar-refractivity contribution in [1.82, 2.24) is 0 Å². The van der Waals surface area contributed by atoms with E-state index in [1.54, 1.807) is 72.8 Å². The first-order chi connectivity index (χ1) is 18.0. The van der Waals surface area contributed by atoms with Gasteiger partial charge >= 0.3 is 17.9 Å². The van der Waals surface area contributed by atoms with Crippen LogP contribution in [0, 0.1) is 0 Å². The molecular formula is C28H26O9. The van der Waals surface area contributed by atoms with E-state index < -0.39 is 48.6 Å². The molecular weight excluding hydrogens is 480 g/mol. The highest BCUT2D eigenvalue weighted by Gasteiger charge is 2.54. The first kappa shape index (κ1) is 26.0. The number of hydrogen-bond acceptors (Lipinski definition) is 8. The summed E-state index contributed by atoms with van der Waals surface area (Å²) in [7, 11) is 1.27. The molecule has 1 N–H and O–H groups in total. The summed E-state index contributed by atoms with van der Waals surface area (Å²) < 4.78 is 28.4. The van der Waals surface area contributed by atoms with Gasteiger partial charge in [0.15, 0.2) is 24.6 Å². The van der Waals surface area contributed by atoms with Crippen LogP contribution in [0.3, 0.4) is 0 Å². The number of methoxy groups -OCH3 is 1. The van der Waals surface area contributed by atoms with E-state index in [1.165, 1.54) is 7.11 Å². The standard InChI is InChI=1S/C28H26O9/c1-33-28-24(36-27(32)20-15-9-4-10-16-20)22(35-26(31)19-13-7-3-8-14-19)21(23(37-28)25(29)30)34-17-18-11-5-2-6-12-18/h2-16,21-24,28H,17H2,1H3,(H,29,30). The Bertz CT molecular complexity index is 1180. The first-order valence-electron chi connectivity index (χ1n) is 11.6. The van der Waals surface area contributed by atoms with Gasteiger partial charge in [0, 0.05) is 7.11 Å². The molecule has 0 aliphatic carbocycles. The second kappa shape index (κ2) is 12.3. The molecule has 9 heteroatoms. The van der Waals surface area contributed by atoms with Crippen LogP contribution in [0.1, 0.15) is 26.3 Å². The minimum atomic E-state index is -1.58. The minimum Gasteiger partial charge on any atom is -0.479 e. The summed E-state index contributed by atoms with van der Waals surface area (Å²) in [5, 5.41) is 9.93. The van der Waals surface area contributed by atoms with Gasteiger partial charge in [-0.25, -0.2) is 14.4 Å². The molecule has 3 aromatic carbocycles. The fourth-order valence-electron chi connectivity index (χ4n) is 3.94. The number of ether oxygens (including phenoxy) is 5. The largest absolute Gasteiger partial charge is 0.479 e. The minimum absolute atomic E-state index is 0.00493. The van der Waals surface area contributed by atoms with Gasteiger partial charge in [0.25, 0.3) is 0 Å². The van der Waals surface area contributed by atoms with Gasteiger partial charge in [-0.05, 0) is 29.8 Å². The van der Waals surface area contributed by atoms with Crippen LogP contribution >= 0.6 is 0 Å². The van der Waals surface area contributed by atoms with E-state index in [9.17, 15) is 19.5 Å². The third kappa shape index (κ3) is 6.39. The van der Waals surface area contributed by atoms with Gasteiger partial charge in [-0.15, -0.1) is 0 Å². The SMILES string of the molecule is COC1OC(C(=O)O)C(OCc2ccccc2)C(OC(=O)c2ccccc2)C1OC(=O)c1ccccc1. The molecule has 1 aliphatic heterocycles. The maximum absolute atomic E-state index is 13.1. The van der Waals surface area contributed by atoms with Crippen molar-refractivity contribution in [3.63, 3.8) is 0 Å². The Kier molecular flexibility index (Phi) is 8.63. The number of aliphatic carboxylic acids is 1. The number of benzene rings is 3. The summed E-state index contributed by atoms with van der Waals surface area (Å²) in [6, 6.07) is 25.4. The number of carbonyl (C=O) groups is 3. The van der Waals surface area contributed by atoms with Gasteiger partial charge in [0.1, 0.15) is 6.10 Å². The zero-order valence-electron chi connectivity index (χ0n) is 20.0. The molecule has 0 radical (unpaired) electrons. The van der Waals surface area contributed by atoms with Gasteiger partial charge in [0.2, 0.25) is 0 Å². The fourth-order valence-corrected chi connectivity index (χ4v) is 3.94. The lowest BCUT2D eigenvalue weighted by atomic mass is 9.97. The molecule has 5 atom stereocenters. The van der Waals surface area contributed by atoms with Crippen molar-refractivity contribution >= 4 is 17.9 Å². The van der Waals surface area contributed by atoms with Crippen molar-refractivity contribution in [2.75, 3.05) is 7.11 Å². The van der Waals surface area contributed by atoms with Gasteiger partial charge < -0.3 is 28.8 Å². The maximum atomic E-state index is 13.1. The average Bonchev–Trinajstić information content (AvgIpc) is 2.94. The fraction of sp³-hybridized carbons (Fsp3) is 0.250. The molecule has 0 aromatic heterocycles. The Hall–Kier alpha value is -4.05. The summed E-state index contributed by atoms with van der Waals surface area (Å²) >= 11 is 0. The Morgan fingerprint density at radius 3 is 1.70 bits per heavy atom. The summed E-state index contributed by atoms with van der Waals surface area (Å²) in [5.41, 5.74) is 1.23. The van der Waals surface area contributed by atoms with Crippen molar-refractivity contribution in [3.8, 4) is 0 Å². The van der Waals surface area contributed by atoms with Crippen LogP contribution in [0.25, 0.3) is 0 Å². The van der Waals surface area contributed by atoms with Crippen LogP contribution in [0.5, 0.6) is 0 Å². The van der Waals surface area contributed by atoms with Crippen LogP contribution in [-0.2, 0) is 35.1 Å². The van der Waals surface area contributed by atoms with E-state index in [4.69, 9.17) is 23.7 Å². The highest BCUT2D eigenvalue weighted by Crippen LogP contribution is 2.31. The predicted octanol–water partition coefficient (Wildman–Crippen LogP) is 3.48. The summed E-state index contributed by atoms with van der Waals surface area (Å²) in [4.78, 5) is 38.2. The molecule has 3 aromatic rings. The van der Waals surface area contributed by atoms with E-state index in [0.717, 1.165) is 5.56 Å². The molecule has 0 amide bonds. The number of carboxylic acids is 1. The molecule has 1 heterocycles. The predicted molar refractivity (Wildman–Crippen MR) is 130 cm³/mol. The van der Waals surface area contributed by atoms with E-state index in [-0.39, 0.29) is 17.7 Å². The molecule has 1 fully saturated rings. The zero-order valence-corrected chi connectivity index (χ0v) is 20.0. The van der Waals surface area contributed by atoms with Crippen molar-refractivity contribution < 1.29 is 43.2 Å². The van der Waals surface area contributed by atoms with Crippen LogP contribution in [0.4, 0.5) is 0 Å². The highest BCUT2D eigenvalue weighted by atomic mass is 16.7. The number of esters is 2. The lowest BCUT2D eigenvalue weighted by molar-refractivity contribution is -0.294. The van der Waals surface area contributed by atoms with E-state index in [1.807, 2.05) is 18.2 Å². The summed E-state index contributed by atoms with van der Waals surface area (Å²) in [5.74, 6) is -2.83. The zero-order chi connectivity index (χ0) is 26.2. The lowest BCUT2D eigenvalue weighted by Crippen LogP contribution is -2.63. The maximum Gasteiger partial charge on any atom is 0.338 e. The first-order valence-corrected chi connectivity index (χ1v) is 11.6. The number of rotatable bonds is 9. The van der Waals surface area contributed by atoms with Gasteiger partial charge in [-0.3, -0.25) is 0 Å². The van der Waals surface area contributed by atoms with Crippen molar-refractivity contribution in [1.29, 1.82) is 0 Å². The summed E-state index contributed by atoms with van der Waals surface area (Å²) in [6.45, 7) is -0.00493. The van der Waals surface area contributed by atoms with Crippen LogP contribution < -0.4 is 0 Å². The molecule has 1 aliphatic rings. The Balaban J connectivity index is 1.68. The normalized spacial score (nSPS) is 23.1. The van der Waals surface area contributed by atoms with Crippen LogP contribution in [-0.4, -0.2) is 60.8 Å². The Morgan fingerprint density at radius 1 is 0.730 bits per heavy atom. The monoisotopic (exact) mass is 506 g/mol. The quantitative estimate of drug-likeness (QED) is 0.435. The Labute approximate surface area is 213 Å². The highest BCUT2D eigenvalue weighted by molar-refractivity contribution is 5.90. The van der Waals surface area contributed by atoms with Gasteiger partial charge in [0.05, 0.1) is 17.7 Å². The molecule has 192 valence electrons. The third-order valence-electron chi connectivity index (χ3n) is 5.76. The van der Waals surface area contributed by atoms with Gasteiger partial charge in [-0.2, -0.15) is 0 Å². The number of hydrogen-bond donors (Lipinski definition) is 1. The van der Waals surface area contributed by atoms with Gasteiger partial charge in [-0.1, -0.05) is 66.7 Å². The molecule has 0 saturated carbocycles. The molecule has 9 nitrogen and oxygen atoms in total. The molecule has 5 unspecified atom stereocenters. The third-order valence-corrected chi connectivity index (χ3v) is 5.76. The van der Waals surface area contributed by atoms with Crippen molar-refractivity contribution in [2.24, 2.45) is 0 Å². The molecule has 4 rings (SSSR count).